The zero-order valence-electron chi connectivity index (χ0n) is 27.0. The Labute approximate surface area is 260 Å². The van der Waals surface area contributed by atoms with Crippen molar-refractivity contribution in [2.24, 2.45) is 33.3 Å². The van der Waals surface area contributed by atoms with Gasteiger partial charge in [0.1, 0.15) is 0 Å². The lowest BCUT2D eigenvalue weighted by Crippen LogP contribution is -2.63. The van der Waals surface area contributed by atoms with Crippen molar-refractivity contribution in [3.05, 3.63) is 34.9 Å². The van der Waals surface area contributed by atoms with Crippen LogP contribution in [0.25, 0.3) is 0 Å². The summed E-state index contributed by atoms with van der Waals surface area (Å²) >= 11 is 1.30. The summed E-state index contributed by atoms with van der Waals surface area (Å²) in [5.74, 6) is -0.488. The zero-order valence-corrected chi connectivity index (χ0v) is 27.8. The van der Waals surface area contributed by atoms with E-state index in [0.717, 1.165) is 56.1 Å². The normalized spacial score (nSPS) is 37.9. The monoisotopic (exact) mass is 609 g/mol. The van der Waals surface area contributed by atoms with Gasteiger partial charge in [0.15, 0.2) is 16.6 Å². The van der Waals surface area contributed by atoms with E-state index in [1.54, 1.807) is 6.07 Å². The predicted octanol–water partition coefficient (Wildman–Crippen LogP) is 7.34. The number of primary amides is 1. The van der Waals surface area contributed by atoms with Crippen LogP contribution in [-0.2, 0) is 24.6 Å². The number of ether oxygens (including phenoxy) is 2. The summed E-state index contributed by atoms with van der Waals surface area (Å²) in [6.07, 6.45) is 9.25. The number of carbonyl (C=O) groups excluding carboxylic acids is 4. The fourth-order valence-electron chi connectivity index (χ4n) is 9.37. The van der Waals surface area contributed by atoms with Gasteiger partial charge < -0.3 is 15.2 Å². The van der Waals surface area contributed by atoms with Gasteiger partial charge in [-0.1, -0.05) is 65.0 Å². The van der Waals surface area contributed by atoms with Crippen LogP contribution < -0.4 is 15.2 Å². The summed E-state index contributed by atoms with van der Waals surface area (Å²) < 4.78 is 11.1. The van der Waals surface area contributed by atoms with Gasteiger partial charge in [-0.3, -0.25) is 19.2 Å². The molecule has 1 aromatic rings. The van der Waals surface area contributed by atoms with Crippen molar-refractivity contribution in [3.63, 3.8) is 0 Å². The van der Waals surface area contributed by atoms with Gasteiger partial charge in [0.25, 0.3) is 0 Å². The summed E-state index contributed by atoms with van der Waals surface area (Å²) in [6, 6.07) is 3.66. The Morgan fingerprint density at radius 3 is 2.07 bits per heavy atom. The lowest BCUT2D eigenvalue weighted by molar-refractivity contribution is -0.166. The fourth-order valence-corrected chi connectivity index (χ4v) is 10.3. The first-order valence-electron chi connectivity index (χ1n) is 15.7. The molecule has 3 saturated carbocycles. The van der Waals surface area contributed by atoms with Crippen LogP contribution in [-0.4, -0.2) is 23.0 Å². The van der Waals surface area contributed by atoms with Crippen molar-refractivity contribution >= 4 is 34.7 Å². The molecule has 4 aliphatic carbocycles. The second-order valence-corrected chi connectivity index (χ2v) is 16.0. The van der Waals surface area contributed by atoms with Crippen molar-refractivity contribution in [1.29, 1.82) is 0 Å². The van der Waals surface area contributed by atoms with Gasteiger partial charge in [-0.15, -0.1) is 0 Å². The number of nitrogens with two attached hydrogens (primary N) is 1. The van der Waals surface area contributed by atoms with Crippen LogP contribution in [0.15, 0.2) is 23.8 Å². The highest BCUT2D eigenvalue weighted by molar-refractivity contribution is 8.13. The van der Waals surface area contributed by atoms with Gasteiger partial charge in [-0.2, -0.15) is 0 Å². The summed E-state index contributed by atoms with van der Waals surface area (Å²) in [5.41, 5.74) is 8.23. The highest BCUT2D eigenvalue weighted by atomic mass is 32.2. The first-order valence-corrected chi connectivity index (χ1v) is 16.6. The minimum absolute atomic E-state index is 0.0824. The molecule has 5 rings (SSSR count). The SMILES string of the molecule is CCC(=O)SC1C=C2[C@@](C)(CC[C@@]3(C)[C@@H]4C[C@](C)(C(N)=O)CC[C@]4(C)CC[C@]23C)c2cc(OC(C)=O)c(OC(C)=O)cc21. The number of carbonyl (C=O) groups is 4. The predicted molar refractivity (Wildman–Crippen MR) is 168 cm³/mol. The molecule has 3 fully saturated rings. The highest BCUT2D eigenvalue weighted by Gasteiger charge is 2.67. The molecule has 7 atom stereocenters. The maximum atomic E-state index is 12.9. The maximum Gasteiger partial charge on any atom is 0.308 e. The number of hydrogen-bond donors (Lipinski definition) is 1. The van der Waals surface area contributed by atoms with E-state index in [4.69, 9.17) is 15.2 Å². The van der Waals surface area contributed by atoms with E-state index in [2.05, 4.69) is 33.8 Å². The Morgan fingerprint density at radius 1 is 0.884 bits per heavy atom. The summed E-state index contributed by atoms with van der Waals surface area (Å²) in [6.45, 7) is 16.1. The van der Waals surface area contributed by atoms with Gasteiger partial charge in [-0.25, -0.2) is 0 Å². The topological polar surface area (TPSA) is 113 Å². The molecule has 1 unspecified atom stereocenters. The molecular weight excluding hydrogens is 562 g/mol. The molecule has 234 valence electrons. The lowest BCUT2D eigenvalue weighted by atomic mass is 9.34. The van der Waals surface area contributed by atoms with Crippen LogP contribution in [0.5, 0.6) is 11.5 Å². The van der Waals surface area contributed by atoms with Crippen molar-refractivity contribution in [1.82, 2.24) is 0 Å². The van der Waals surface area contributed by atoms with Crippen LogP contribution in [0.1, 0.15) is 123 Å². The number of fused-ring (bicyclic) bond motifs is 7. The lowest BCUT2D eigenvalue weighted by Gasteiger charge is -2.70. The number of hydrogen-bond acceptors (Lipinski definition) is 7. The average Bonchev–Trinajstić information content (AvgIpc) is 2.92. The quantitative estimate of drug-likeness (QED) is 0.211. The number of amides is 1. The Morgan fingerprint density at radius 2 is 1.49 bits per heavy atom. The summed E-state index contributed by atoms with van der Waals surface area (Å²) in [4.78, 5) is 49.8. The van der Waals surface area contributed by atoms with Gasteiger partial charge >= 0.3 is 11.9 Å². The number of thioether (sulfide) groups is 1. The van der Waals surface area contributed by atoms with Crippen LogP contribution in [0.2, 0.25) is 0 Å². The number of rotatable bonds is 5. The second kappa shape index (κ2) is 10.5. The molecule has 0 aromatic heterocycles. The molecule has 2 N–H and O–H groups in total. The number of allylic oxidation sites excluding steroid dienone is 1. The largest absolute Gasteiger partial charge is 0.423 e. The smallest absolute Gasteiger partial charge is 0.308 e. The molecule has 7 nitrogen and oxygen atoms in total. The van der Waals surface area contributed by atoms with E-state index in [-0.39, 0.29) is 49.4 Å². The standard InChI is InChI=1S/C35H47NO6S/c1-9-29(39)43-26-18-27-33(6,23-17-25(42-21(3)38)24(16-22(23)26)41-20(2)37)13-15-35(8)28-19-32(5,30(36)40)11-10-31(28,4)12-14-34(27,35)7/h16-18,26,28H,9-15,19H2,1-8H3,(H2,36,40)/t26?,28-,31-,32-,33+,34-,35+/m1/s1. The molecule has 1 aromatic carbocycles. The Kier molecular flexibility index (Phi) is 7.76. The molecule has 8 heteroatoms. The minimum atomic E-state index is -0.516. The molecule has 43 heavy (non-hydrogen) atoms. The van der Waals surface area contributed by atoms with Gasteiger partial charge in [0.2, 0.25) is 5.91 Å². The van der Waals surface area contributed by atoms with Crippen molar-refractivity contribution < 1.29 is 28.7 Å². The van der Waals surface area contributed by atoms with Crippen molar-refractivity contribution in [2.45, 2.75) is 117 Å². The van der Waals surface area contributed by atoms with E-state index >= 15 is 0 Å². The molecule has 0 aliphatic heterocycles. The van der Waals surface area contributed by atoms with E-state index in [1.807, 2.05) is 19.9 Å². The Hall–Kier alpha value is -2.61. The van der Waals surface area contributed by atoms with E-state index in [1.165, 1.54) is 31.2 Å². The summed E-state index contributed by atoms with van der Waals surface area (Å²) in [7, 11) is 0. The molecule has 0 radical (unpaired) electrons. The molecule has 1 amide bonds. The third-order valence-corrected chi connectivity index (χ3v) is 13.5. The molecular formula is C35H47NO6S. The van der Waals surface area contributed by atoms with E-state index in [9.17, 15) is 19.2 Å². The third kappa shape index (κ3) is 4.87. The zero-order chi connectivity index (χ0) is 31.8. The molecule has 0 bridgehead atoms. The van der Waals surface area contributed by atoms with Crippen LogP contribution in [0.4, 0.5) is 0 Å². The van der Waals surface area contributed by atoms with Crippen molar-refractivity contribution in [2.75, 3.05) is 0 Å². The van der Waals surface area contributed by atoms with Gasteiger partial charge in [0, 0.05) is 31.1 Å². The molecule has 0 spiro atoms. The van der Waals surface area contributed by atoms with Crippen LogP contribution >= 0.6 is 11.8 Å². The maximum absolute atomic E-state index is 12.9. The third-order valence-electron chi connectivity index (χ3n) is 12.3. The average molecular weight is 610 g/mol. The minimum Gasteiger partial charge on any atom is -0.423 e. The van der Waals surface area contributed by atoms with E-state index < -0.39 is 17.4 Å². The Bertz CT molecular complexity index is 1440. The molecule has 0 heterocycles. The first kappa shape index (κ1) is 31.8. The fraction of sp³-hybridized carbons (Fsp3) is 0.657. The van der Waals surface area contributed by atoms with Crippen molar-refractivity contribution in [3.8, 4) is 11.5 Å². The highest BCUT2D eigenvalue weighted by Crippen LogP contribution is 2.75. The Balaban J connectivity index is 1.69. The van der Waals surface area contributed by atoms with Gasteiger partial charge in [0.05, 0.1) is 5.25 Å². The van der Waals surface area contributed by atoms with Crippen LogP contribution in [0, 0.1) is 27.6 Å². The number of esters is 2. The number of benzene rings is 1. The molecule has 0 saturated heterocycles. The summed E-state index contributed by atoms with van der Waals surface area (Å²) in [5, 5.41) is -0.195. The van der Waals surface area contributed by atoms with Gasteiger partial charge in [-0.05, 0) is 90.4 Å². The molecule has 4 aliphatic rings. The first-order chi connectivity index (χ1) is 19.9. The second-order valence-electron chi connectivity index (χ2n) is 14.8. The van der Waals surface area contributed by atoms with E-state index in [0.29, 0.717) is 12.3 Å². The van der Waals surface area contributed by atoms with Crippen LogP contribution in [0.3, 0.4) is 0 Å².